The number of nitrogens with two attached hydrogens (primary N) is 1. The lowest BCUT2D eigenvalue weighted by molar-refractivity contribution is -0.138. The highest BCUT2D eigenvalue weighted by atomic mass is 35.5. The zero-order valence-corrected chi connectivity index (χ0v) is 6.94. The summed E-state index contributed by atoms with van der Waals surface area (Å²) in [6.45, 7) is 0.148. The van der Waals surface area contributed by atoms with Gasteiger partial charge in [0.05, 0.1) is 6.54 Å². The molecule has 1 aromatic heterocycles. The molecule has 0 aliphatic carbocycles. The Hall–Kier alpha value is -1.14. The highest BCUT2D eigenvalue weighted by molar-refractivity contribution is 5.85. The Morgan fingerprint density at radius 3 is 2.83 bits per heavy atom. The Bertz CT molecular complexity index is 238. The van der Waals surface area contributed by atoms with E-state index in [9.17, 15) is 4.79 Å². The summed E-state index contributed by atoms with van der Waals surface area (Å²) in [5, 5.41) is 12.1. The molecule has 1 atom stereocenters. The fraction of sp³-hybridized carbons (Fsp3) is 0.400. The van der Waals surface area contributed by atoms with Gasteiger partial charge in [0, 0.05) is 0 Å². The van der Waals surface area contributed by atoms with Gasteiger partial charge in [0.15, 0.2) is 0 Å². The van der Waals surface area contributed by atoms with Crippen LogP contribution in [0.1, 0.15) is 0 Å². The molecule has 0 aromatic carbocycles. The van der Waals surface area contributed by atoms with Gasteiger partial charge in [0.25, 0.3) is 0 Å². The van der Waals surface area contributed by atoms with Gasteiger partial charge in [-0.1, -0.05) is 0 Å². The van der Waals surface area contributed by atoms with E-state index in [0.717, 1.165) is 0 Å². The van der Waals surface area contributed by atoms with E-state index in [2.05, 4.69) is 10.1 Å². The molecule has 0 aliphatic rings. The molecule has 0 bridgehead atoms. The molecule has 0 saturated heterocycles. The van der Waals surface area contributed by atoms with Crippen molar-refractivity contribution in [3.8, 4) is 0 Å². The number of hydrogen-bond donors (Lipinski definition) is 2. The van der Waals surface area contributed by atoms with Gasteiger partial charge >= 0.3 is 5.97 Å². The molecule has 0 saturated carbocycles. The van der Waals surface area contributed by atoms with E-state index in [1.165, 1.54) is 17.3 Å². The summed E-state index contributed by atoms with van der Waals surface area (Å²) >= 11 is 0. The summed E-state index contributed by atoms with van der Waals surface area (Å²) in [4.78, 5) is 13.9. The molecule has 68 valence electrons. The van der Waals surface area contributed by atoms with Crippen molar-refractivity contribution in [1.29, 1.82) is 0 Å². The summed E-state index contributed by atoms with van der Waals surface area (Å²) in [6, 6.07) is -0.920. The third-order valence-electron chi connectivity index (χ3n) is 1.17. The fourth-order valence-corrected chi connectivity index (χ4v) is 0.607. The number of rotatable bonds is 3. The van der Waals surface area contributed by atoms with E-state index >= 15 is 0 Å². The first-order valence-corrected chi connectivity index (χ1v) is 3.01. The van der Waals surface area contributed by atoms with E-state index < -0.39 is 12.0 Å². The molecule has 12 heavy (non-hydrogen) atoms. The summed E-state index contributed by atoms with van der Waals surface area (Å²) in [6.07, 6.45) is 2.75. The number of carboxylic acids is 1. The van der Waals surface area contributed by atoms with Crippen molar-refractivity contribution in [2.45, 2.75) is 12.6 Å². The number of nitrogens with zero attached hydrogens (tertiary/aromatic N) is 3. The second-order valence-electron chi connectivity index (χ2n) is 2.06. The minimum Gasteiger partial charge on any atom is -0.480 e. The Morgan fingerprint density at radius 1 is 1.75 bits per heavy atom. The van der Waals surface area contributed by atoms with Crippen LogP contribution in [0.25, 0.3) is 0 Å². The Balaban J connectivity index is 0.00000121. The van der Waals surface area contributed by atoms with Crippen LogP contribution < -0.4 is 5.73 Å². The van der Waals surface area contributed by atoms with Gasteiger partial charge in [-0.25, -0.2) is 4.98 Å². The average molecular weight is 198 g/mol. The molecule has 0 amide bonds. The highest BCUT2D eigenvalue weighted by Crippen LogP contribution is 1.85. The fourth-order valence-electron chi connectivity index (χ4n) is 0.607. The molecule has 0 fully saturated rings. The van der Waals surface area contributed by atoms with Gasteiger partial charge in [-0.05, 0) is 0 Å². The summed E-state index contributed by atoms with van der Waals surface area (Å²) in [5.74, 6) is -1.04. The predicted molar refractivity (Wildman–Crippen MR) is 42.9 cm³/mol. The van der Waals surface area contributed by atoms with Crippen LogP contribution in [0.2, 0.25) is 0 Å². The molecule has 1 aromatic rings. The number of aromatic nitrogens is 3. The standard InChI is InChI=1S/C5H8N4O2.ClH/c6-4(5(10)11)1-9-3-7-2-8-9;/h2-4H,1,6H2,(H,10,11);1H/i2+1,3+1,7+1,8+1,9+1;. The van der Waals surface area contributed by atoms with E-state index in [1.807, 2.05) is 0 Å². The first kappa shape index (κ1) is 10.9. The Morgan fingerprint density at radius 2 is 2.42 bits per heavy atom. The lowest BCUT2D eigenvalue weighted by atomic mass is 10.3. The first-order chi connectivity index (χ1) is 5.20. The number of carbonyl (C=O) groups is 1. The Kier molecular flexibility index (Phi) is 4.24. The maximum Gasteiger partial charge on any atom is 0.322 e. The topological polar surface area (TPSA) is 94.0 Å². The second kappa shape index (κ2) is 4.68. The maximum atomic E-state index is 10.2. The van der Waals surface area contributed by atoms with Crippen molar-refractivity contribution >= 4 is 18.4 Å². The van der Waals surface area contributed by atoms with Gasteiger partial charge in [-0.3, -0.25) is 9.48 Å². The lowest BCUT2D eigenvalue weighted by Crippen LogP contribution is -2.34. The summed E-state index contributed by atoms with van der Waals surface area (Å²) in [7, 11) is 0. The van der Waals surface area contributed by atoms with Crippen LogP contribution in [0.5, 0.6) is 0 Å². The van der Waals surface area contributed by atoms with E-state index in [4.69, 9.17) is 10.8 Å². The third-order valence-corrected chi connectivity index (χ3v) is 1.17. The quantitative estimate of drug-likeness (QED) is 0.656. The average Bonchev–Trinajstić information content (AvgIpc) is 2.39. The van der Waals surface area contributed by atoms with Crippen LogP contribution in [0, 0.1) is 0 Å². The van der Waals surface area contributed by atoms with Gasteiger partial charge < -0.3 is 10.8 Å². The van der Waals surface area contributed by atoms with Gasteiger partial charge in [0.1, 0.15) is 18.7 Å². The molecule has 0 aliphatic heterocycles. The van der Waals surface area contributed by atoms with Crippen molar-refractivity contribution in [3.63, 3.8) is 0 Å². The minimum atomic E-state index is -1.04. The predicted octanol–water partition coefficient (Wildman–Crippen LogP) is -0.888. The van der Waals surface area contributed by atoms with E-state index in [-0.39, 0.29) is 19.0 Å². The molecule has 1 unspecified atom stereocenters. The number of hydrogen-bond acceptors (Lipinski definition) is 4. The second-order valence-corrected chi connectivity index (χ2v) is 2.06. The maximum absolute atomic E-state index is 10.2. The molecule has 1 rings (SSSR count). The van der Waals surface area contributed by atoms with E-state index in [1.54, 1.807) is 0 Å². The number of carboxylic acid groups (broad SMARTS) is 1. The smallest absolute Gasteiger partial charge is 0.322 e. The first-order valence-electron chi connectivity index (χ1n) is 3.01. The SMILES string of the molecule is Cl.NC(C[15n]1[13cH][15n][13cH][15n]1)C(=O)O. The van der Waals surface area contributed by atoms with Gasteiger partial charge in [-0.2, -0.15) is 5.10 Å². The van der Waals surface area contributed by atoms with Crippen LogP contribution in [-0.4, -0.2) is 31.9 Å². The number of halogens is 1. The van der Waals surface area contributed by atoms with Crippen LogP contribution in [0.3, 0.4) is 0 Å². The molecule has 3 N–H and O–H groups in total. The molecule has 0 spiro atoms. The molecular weight excluding hydrogens is 188 g/mol. The van der Waals surface area contributed by atoms with Crippen LogP contribution in [-0.2, 0) is 11.3 Å². The van der Waals surface area contributed by atoms with Crippen LogP contribution in [0.4, 0.5) is 0 Å². The summed E-state index contributed by atoms with van der Waals surface area (Å²) in [5.41, 5.74) is 5.22. The third kappa shape index (κ3) is 2.85. The van der Waals surface area contributed by atoms with Gasteiger partial charge in [0.2, 0.25) is 0 Å². The summed E-state index contributed by atoms with van der Waals surface area (Å²) < 4.78 is 1.37. The largest absolute Gasteiger partial charge is 0.480 e. The zero-order valence-electron chi connectivity index (χ0n) is 6.12. The molecule has 1 heterocycles. The van der Waals surface area contributed by atoms with Crippen molar-refractivity contribution < 1.29 is 9.90 Å². The molecular formula is C5H9ClN4O2. The van der Waals surface area contributed by atoms with Crippen molar-refractivity contribution in [1.82, 2.24) is 14.8 Å². The molecule has 0 radical (unpaired) electrons. The Labute approximate surface area is 74.8 Å². The normalized spacial score (nSPS) is 11.8. The monoisotopic (exact) mass is 197 g/mol. The molecule has 6 nitrogen and oxygen atoms in total. The number of aliphatic carboxylic acids is 1. The van der Waals surface area contributed by atoms with Gasteiger partial charge in [-0.15, -0.1) is 12.4 Å². The minimum absolute atomic E-state index is 0. The van der Waals surface area contributed by atoms with Crippen LogP contribution >= 0.6 is 12.4 Å². The highest BCUT2D eigenvalue weighted by Gasteiger charge is 2.11. The van der Waals surface area contributed by atoms with E-state index in [0.29, 0.717) is 0 Å². The molecule has 7 heteroatoms. The lowest BCUT2D eigenvalue weighted by Gasteiger charge is -2.04. The van der Waals surface area contributed by atoms with Crippen molar-refractivity contribution in [2.24, 2.45) is 5.73 Å². The van der Waals surface area contributed by atoms with Crippen molar-refractivity contribution in [2.75, 3.05) is 0 Å². The van der Waals surface area contributed by atoms with Crippen LogP contribution in [0.15, 0.2) is 12.7 Å². The zero-order chi connectivity index (χ0) is 8.27. The van der Waals surface area contributed by atoms with Crippen molar-refractivity contribution in [3.05, 3.63) is 12.7 Å².